The van der Waals surface area contributed by atoms with E-state index in [1.54, 1.807) is 0 Å². The Kier molecular flexibility index (Phi) is 6.27. The molecule has 1 aliphatic heterocycles. The lowest BCUT2D eigenvalue weighted by atomic mass is 9.93. The lowest BCUT2D eigenvalue weighted by Crippen LogP contribution is -2.42. The maximum Gasteiger partial charge on any atom is 0.325 e. The summed E-state index contributed by atoms with van der Waals surface area (Å²) in [5.41, 5.74) is -0.214. The molecule has 0 bridgehead atoms. The first kappa shape index (κ1) is 24.1. The SMILES string of the molecule is O=P(O)(O)CCCC1(O)CO[C@@H](n2cnc3c(Nc4cccc5ccccc45)nc(Cl)nc32)C1O. The van der Waals surface area contributed by atoms with Crippen molar-refractivity contribution < 1.29 is 29.3 Å². The van der Waals surface area contributed by atoms with Crippen LogP contribution in [0.2, 0.25) is 5.28 Å². The van der Waals surface area contributed by atoms with Gasteiger partial charge in [0.25, 0.3) is 0 Å². The molecule has 1 saturated heterocycles. The van der Waals surface area contributed by atoms with Crippen LogP contribution in [0.3, 0.4) is 0 Å². The van der Waals surface area contributed by atoms with E-state index in [9.17, 15) is 14.8 Å². The number of imidazole rings is 1. The number of fused-ring (bicyclic) bond motifs is 2. The third-order valence-corrected chi connectivity index (χ3v) is 7.16. The average Bonchev–Trinajstić information content (AvgIpc) is 3.34. The molecule has 35 heavy (non-hydrogen) atoms. The third kappa shape index (κ3) is 4.76. The van der Waals surface area contributed by atoms with Gasteiger partial charge in [0.2, 0.25) is 5.28 Å². The molecule has 0 amide bonds. The Bertz CT molecular complexity index is 1440. The van der Waals surface area contributed by atoms with Crippen LogP contribution in [-0.2, 0) is 9.30 Å². The van der Waals surface area contributed by atoms with Gasteiger partial charge in [-0.05, 0) is 35.9 Å². The molecule has 0 aliphatic carbocycles. The van der Waals surface area contributed by atoms with E-state index >= 15 is 0 Å². The standard InChI is InChI=1S/C22H23ClN5O6P/c23-21-26-18(25-15-8-3-6-13-5-1-2-7-14(13)15)16-19(27-21)28(12-24-16)20-17(29)22(30,11-34-20)9-4-10-35(31,32)33/h1-3,5-8,12,17,20,29-30H,4,9-11H2,(H,25,26,27)(H2,31,32,33)/t17?,20-,22?/m1/s1. The molecule has 1 fully saturated rings. The number of nitrogens with zero attached hydrogens (tertiary/aromatic N) is 4. The number of anilines is 2. The van der Waals surface area contributed by atoms with Crippen LogP contribution in [0, 0.1) is 0 Å². The highest BCUT2D eigenvalue weighted by atomic mass is 35.5. The molecular formula is C22H23ClN5O6P. The topological polar surface area (TPSA) is 163 Å². The van der Waals surface area contributed by atoms with E-state index in [4.69, 9.17) is 26.1 Å². The van der Waals surface area contributed by atoms with Crippen molar-refractivity contribution in [3.63, 3.8) is 0 Å². The highest BCUT2D eigenvalue weighted by Crippen LogP contribution is 2.40. The summed E-state index contributed by atoms with van der Waals surface area (Å²) in [6.07, 6.45) is -1.43. The van der Waals surface area contributed by atoms with Gasteiger partial charge in [-0.2, -0.15) is 9.97 Å². The molecule has 0 spiro atoms. The highest BCUT2D eigenvalue weighted by Gasteiger charge is 2.49. The lowest BCUT2D eigenvalue weighted by molar-refractivity contribution is -0.0648. The molecule has 13 heteroatoms. The molecule has 3 heterocycles. The second kappa shape index (κ2) is 9.11. The summed E-state index contributed by atoms with van der Waals surface area (Å²) in [5, 5.41) is 27.0. The molecule has 5 rings (SSSR count). The molecule has 4 aromatic rings. The van der Waals surface area contributed by atoms with Gasteiger partial charge in [-0.3, -0.25) is 9.13 Å². The number of rotatable bonds is 7. The van der Waals surface area contributed by atoms with Crippen molar-refractivity contribution in [2.45, 2.75) is 30.8 Å². The largest absolute Gasteiger partial charge is 0.385 e. The van der Waals surface area contributed by atoms with Gasteiger partial charge >= 0.3 is 7.60 Å². The second-order valence-corrected chi connectivity index (χ2v) is 10.7. The summed E-state index contributed by atoms with van der Waals surface area (Å²) in [7, 11) is -4.21. The number of hydrogen-bond donors (Lipinski definition) is 5. The zero-order valence-corrected chi connectivity index (χ0v) is 20.0. The quantitative estimate of drug-likeness (QED) is 0.181. The molecule has 2 unspecified atom stereocenters. The van der Waals surface area contributed by atoms with Crippen molar-refractivity contribution in [1.29, 1.82) is 0 Å². The maximum absolute atomic E-state index is 11.1. The zero-order valence-electron chi connectivity index (χ0n) is 18.3. The van der Waals surface area contributed by atoms with E-state index in [0.29, 0.717) is 11.3 Å². The predicted octanol–water partition coefficient (Wildman–Crippen LogP) is 2.96. The van der Waals surface area contributed by atoms with E-state index in [0.717, 1.165) is 16.5 Å². The molecule has 3 atom stereocenters. The number of aromatic nitrogens is 4. The van der Waals surface area contributed by atoms with Gasteiger partial charge in [0.1, 0.15) is 11.7 Å². The van der Waals surface area contributed by atoms with E-state index < -0.39 is 31.7 Å². The Morgan fingerprint density at radius 1 is 1.20 bits per heavy atom. The Hall–Kier alpha value is -2.63. The molecule has 2 aromatic heterocycles. The second-order valence-electron chi connectivity index (χ2n) is 8.56. The summed E-state index contributed by atoms with van der Waals surface area (Å²) in [6, 6.07) is 13.7. The first-order valence-electron chi connectivity index (χ1n) is 10.9. The van der Waals surface area contributed by atoms with Crippen LogP contribution in [0.5, 0.6) is 0 Å². The Labute approximate surface area is 204 Å². The van der Waals surface area contributed by atoms with Gasteiger partial charge in [-0.25, -0.2) is 4.98 Å². The molecule has 0 radical (unpaired) electrons. The summed E-state index contributed by atoms with van der Waals surface area (Å²) < 4.78 is 18.3. The molecule has 11 nitrogen and oxygen atoms in total. The van der Waals surface area contributed by atoms with Crippen LogP contribution in [-0.4, -0.2) is 64.0 Å². The summed E-state index contributed by atoms with van der Waals surface area (Å²) >= 11 is 6.22. The van der Waals surface area contributed by atoms with Crippen LogP contribution in [0.1, 0.15) is 19.1 Å². The van der Waals surface area contributed by atoms with Crippen molar-refractivity contribution in [2.75, 3.05) is 18.1 Å². The summed E-state index contributed by atoms with van der Waals surface area (Å²) in [6.45, 7) is -0.223. The molecule has 0 saturated carbocycles. The fourth-order valence-corrected chi connectivity index (χ4v) is 5.08. The van der Waals surface area contributed by atoms with Crippen molar-refractivity contribution in [3.05, 3.63) is 54.1 Å². The molecule has 5 N–H and O–H groups in total. The summed E-state index contributed by atoms with van der Waals surface area (Å²) in [4.78, 5) is 31.1. The van der Waals surface area contributed by atoms with Crippen LogP contribution in [0.25, 0.3) is 21.9 Å². The van der Waals surface area contributed by atoms with E-state index in [1.807, 2.05) is 42.5 Å². The number of halogens is 1. The summed E-state index contributed by atoms with van der Waals surface area (Å²) in [5.74, 6) is 0.361. The van der Waals surface area contributed by atoms with Crippen LogP contribution in [0.4, 0.5) is 11.5 Å². The first-order valence-corrected chi connectivity index (χ1v) is 13.0. The Morgan fingerprint density at radius 2 is 1.97 bits per heavy atom. The van der Waals surface area contributed by atoms with Crippen molar-refractivity contribution in [1.82, 2.24) is 19.5 Å². The van der Waals surface area contributed by atoms with E-state index in [-0.39, 0.29) is 30.4 Å². The fraction of sp³-hybridized carbons (Fsp3) is 0.318. The Morgan fingerprint density at radius 3 is 2.77 bits per heavy atom. The molecule has 1 aliphatic rings. The molecular weight excluding hydrogens is 497 g/mol. The number of hydrogen-bond acceptors (Lipinski definition) is 8. The lowest BCUT2D eigenvalue weighted by Gasteiger charge is -2.26. The Balaban J connectivity index is 1.45. The van der Waals surface area contributed by atoms with Gasteiger partial charge in [0.05, 0.1) is 12.9 Å². The first-order chi connectivity index (χ1) is 16.6. The number of ether oxygens (including phenoxy) is 1. The third-order valence-electron chi connectivity index (χ3n) is 6.09. The van der Waals surface area contributed by atoms with Crippen LogP contribution < -0.4 is 5.32 Å². The van der Waals surface area contributed by atoms with E-state index in [2.05, 4.69) is 20.3 Å². The van der Waals surface area contributed by atoms with Gasteiger partial charge in [-0.1, -0.05) is 36.4 Å². The average molecular weight is 520 g/mol. The number of aliphatic hydroxyl groups excluding tert-OH is 1. The minimum atomic E-state index is -4.21. The zero-order chi connectivity index (χ0) is 24.8. The van der Waals surface area contributed by atoms with Gasteiger partial charge < -0.3 is 30.1 Å². The highest BCUT2D eigenvalue weighted by molar-refractivity contribution is 7.51. The van der Waals surface area contributed by atoms with Crippen LogP contribution in [0.15, 0.2) is 48.8 Å². The minimum absolute atomic E-state index is 0.0195. The maximum atomic E-state index is 11.1. The van der Waals surface area contributed by atoms with Crippen molar-refractivity contribution in [3.8, 4) is 0 Å². The predicted molar refractivity (Wildman–Crippen MR) is 130 cm³/mol. The smallest absolute Gasteiger partial charge is 0.325 e. The van der Waals surface area contributed by atoms with Crippen LogP contribution >= 0.6 is 19.2 Å². The minimum Gasteiger partial charge on any atom is -0.385 e. The van der Waals surface area contributed by atoms with Gasteiger partial charge in [0.15, 0.2) is 23.2 Å². The van der Waals surface area contributed by atoms with Crippen molar-refractivity contribution in [2.24, 2.45) is 0 Å². The van der Waals surface area contributed by atoms with Gasteiger partial charge in [-0.15, -0.1) is 0 Å². The number of benzene rings is 2. The molecule has 2 aromatic carbocycles. The van der Waals surface area contributed by atoms with Crippen molar-refractivity contribution >= 4 is 52.6 Å². The number of aliphatic hydroxyl groups is 2. The molecule has 184 valence electrons. The normalized spacial score (nSPS) is 22.8. The monoisotopic (exact) mass is 519 g/mol. The number of nitrogens with one attached hydrogen (secondary N) is 1. The van der Waals surface area contributed by atoms with E-state index in [1.165, 1.54) is 10.9 Å². The fourth-order valence-electron chi connectivity index (χ4n) is 4.34. The van der Waals surface area contributed by atoms with Gasteiger partial charge in [0, 0.05) is 17.2 Å².